The van der Waals surface area contributed by atoms with Gasteiger partial charge in [-0.2, -0.15) is 5.10 Å². The number of hydrogen-bond donors (Lipinski definition) is 0. The summed E-state index contributed by atoms with van der Waals surface area (Å²) in [5.74, 6) is 0. The number of rotatable bonds is 2. The molecule has 19 heavy (non-hydrogen) atoms. The molecule has 1 fully saturated rings. The maximum absolute atomic E-state index is 4.49. The number of fused-ring (bicyclic) bond motifs is 1. The largest absolute Gasteiger partial charge is 0.369 e. The molecule has 0 N–H and O–H groups in total. The summed E-state index contributed by atoms with van der Waals surface area (Å²) in [6.45, 7) is 4.25. The fraction of sp³-hybridized carbons (Fsp3) is 0.571. The Labute approximate surface area is 113 Å². The summed E-state index contributed by atoms with van der Waals surface area (Å²) in [7, 11) is 6.27. The van der Waals surface area contributed by atoms with Gasteiger partial charge in [0.2, 0.25) is 0 Å². The second kappa shape index (κ2) is 4.49. The standard InChI is InChI=1S/C14H21N5/c1-10-13-12(5-7-15-14(13)18(4)16-10)19-8-6-11(9-19)17(2)3/h5,7,11H,6,8-9H2,1-4H3. The van der Waals surface area contributed by atoms with Crippen LogP contribution in [0.3, 0.4) is 0 Å². The molecule has 1 unspecified atom stereocenters. The average molecular weight is 259 g/mol. The SMILES string of the molecule is Cc1nn(C)c2nccc(N3CCC(N(C)C)C3)c12. The fourth-order valence-electron chi connectivity index (χ4n) is 3.00. The fourth-order valence-corrected chi connectivity index (χ4v) is 3.00. The predicted molar refractivity (Wildman–Crippen MR) is 77.6 cm³/mol. The van der Waals surface area contributed by atoms with Gasteiger partial charge in [-0.1, -0.05) is 0 Å². The zero-order valence-electron chi connectivity index (χ0n) is 12.1. The first-order valence-corrected chi connectivity index (χ1v) is 6.77. The minimum Gasteiger partial charge on any atom is -0.369 e. The Kier molecular flexibility index (Phi) is 2.93. The lowest BCUT2D eigenvalue weighted by molar-refractivity contribution is 0.315. The zero-order chi connectivity index (χ0) is 13.6. The first-order valence-electron chi connectivity index (χ1n) is 6.77. The molecule has 1 saturated heterocycles. The van der Waals surface area contributed by atoms with E-state index in [1.54, 1.807) is 0 Å². The van der Waals surface area contributed by atoms with Crippen LogP contribution in [-0.4, -0.2) is 52.9 Å². The van der Waals surface area contributed by atoms with Crippen LogP contribution < -0.4 is 4.90 Å². The van der Waals surface area contributed by atoms with E-state index in [1.807, 2.05) is 17.9 Å². The van der Waals surface area contributed by atoms with Crippen molar-refractivity contribution >= 4 is 16.7 Å². The number of hydrogen-bond acceptors (Lipinski definition) is 4. The minimum atomic E-state index is 0.639. The number of nitrogens with zero attached hydrogens (tertiary/aromatic N) is 5. The van der Waals surface area contributed by atoms with Gasteiger partial charge in [0.15, 0.2) is 5.65 Å². The lowest BCUT2D eigenvalue weighted by Gasteiger charge is -2.22. The van der Waals surface area contributed by atoms with Gasteiger partial charge in [0.05, 0.1) is 16.8 Å². The van der Waals surface area contributed by atoms with E-state index in [0.29, 0.717) is 6.04 Å². The molecule has 1 aliphatic rings. The van der Waals surface area contributed by atoms with Crippen LogP contribution in [-0.2, 0) is 7.05 Å². The van der Waals surface area contributed by atoms with Crippen molar-refractivity contribution in [2.24, 2.45) is 7.05 Å². The van der Waals surface area contributed by atoms with Crippen LogP contribution in [0, 0.1) is 6.92 Å². The van der Waals surface area contributed by atoms with E-state index in [2.05, 4.69) is 47.0 Å². The maximum Gasteiger partial charge on any atom is 0.159 e. The van der Waals surface area contributed by atoms with Gasteiger partial charge in [-0.05, 0) is 33.5 Å². The van der Waals surface area contributed by atoms with Crippen molar-refractivity contribution in [1.82, 2.24) is 19.7 Å². The number of likely N-dealkylation sites (N-methyl/N-ethyl adjacent to an activating group) is 1. The molecule has 0 saturated carbocycles. The summed E-state index contributed by atoms with van der Waals surface area (Å²) >= 11 is 0. The van der Waals surface area contributed by atoms with E-state index in [1.165, 1.54) is 17.5 Å². The second-order valence-corrected chi connectivity index (χ2v) is 5.59. The highest BCUT2D eigenvalue weighted by atomic mass is 15.3. The molecule has 5 nitrogen and oxygen atoms in total. The highest BCUT2D eigenvalue weighted by molar-refractivity contribution is 5.92. The first kappa shape index (κ1) is 12.4. The van der Waals surface area contributed by atoms with Crippen LogP contribution in [0.1, 0.15) is 12.1 Å². The van der Waals surface area contributed by atoms with Crippen molar-refractivity contribution in [3.05, 3.63) is 18.0 Å². The van der Waals surface area contributed by atoms with E-state index in [4.69, 9.17) is 0 Å². The average Bonchev–Trinajstić information content (AvgIpc) is 2.96. The molecule has 0 aliphatic carbocycles. The quantitative estimate of drug-likeness (QED) is 0.817. The van der Waals surface area contributed by atoms with E-state index in [-0.39, 0.29) is 0 Å². The van der Waals surface area contributed by atoms with Gasteiger partial charge in [0.1, 0.15) is 0 Å². The molecule has 2 aromatic rings. The van der Waals surface area contributed by atoms with Gasteiger partial charge < -0.3 is 9.80 Å². The Hall–Kier alpha value is -1.62. The molecular weight excluding hydrogens is 238 g/mol. The summed E-state index contributed by atoms with van der Waals surface area (Å²) in [5, 5.41) is 5.69. The van der Waals surface area contributed by atoms with Gasteiger partial charge in [0, 0.05) is 32.4 Å². The molecule has 5 heteroatoms. The Morgan fingerprint density at radius 3 is 2.84 bits per heavy atom. The van der Waals surface area contributed by atoms with E-state index in [9.17, 15) is 0 Å². The number of anilines is 1. The van der Waals surface area contributed by atoms with Crippen molar-refractivity contribution in [2.45, 2.75) is 19.4 Å². The van der Waals surface area contributed by atoms with Gasteiger partial charge in [0.25, 0.3) is 0 Å². The summed E-state index contributed by atoms with van der Waals surface area (Å²) < 4.78 is 1.87. The van der Waals surface area contributed by atoms with Crippen LogP contribution in [0.15, 0.2) is 12.3 Å². The van der Waals surface area contributed by atoms with Crippen LogP contribution >= 0.6 is 0 Å². The van der Waals surface area contributed by atoms with Crippen LogP contribution in [0.2, 0.25) is 0 Å². The Balaban J connectivity index is 2.02. The van der Waals surface area contributed by atoms with Gasteiger partial charge >= 0.3 is 0 Å². The summed E-state index contributed by atoms with van der Waals surface area (Å²) in [6, 6.07) is 2.76. The van der Waals surface area contributed by atoms with Crippen molar-refractivity contribution < 1.29 is 0 Å². The van der Waals surface area contributed by atoms with Crippen molar-refractivity contribution in [1.29, 1.82) is 0 Å². The van der Waals surface area contributed by atoms with Crippen molar-refractivity contribution in [3.63, 3.8) is 0 Å². The third-order valence-corrected chi connectivity index (χ3v) is 4.11. The summed E-state index contributed by atoms with van der Waals surface area (Å²) in [6.07, 6.45) is 3.11. The number of aromatic nitrogens is 3. The molecule has 1 aliphatic heterocycles. The zero-order valence-corrected chi connectivity index (χ0v) is 12.1. The highest BCUT2D eigenvalue weighted by Gasteiger charge is 2.26. The summed E-state index contributed by atoms with van der Waals surface area (Å²) in [4.78, 5) is 9.23. The van der Waals surface area contributed by atoms with Crippen LogP contribution in [0.4, 0.5) is 5.69 Å². The maximum atomic E-state index is 4.49. The van der Waals surface area contributed by atoms with Crippen molar-refractivity contribution in [3.8, 4) is 0 Å². The molecule has 0 amide bonds. The molecule has 2 aromatic heterocycles. The Bertz CT molecular complexity index is 601. The third-order valence-electron chi connectivity index (χ3n) is 4.11. The van der Waals surface area contributed by atoms with Crippen LogP contribution in [0.25, 0.3) is 11.0 Å². The molecule has 3 rings (SSSR count). The molecule has 1 atom stereocenters. The minimum absolute atomic E-state index is 0.639. The number of pyridine rings is 1. The molecule has 0 spiro atoms. The van der Waals surface area contributed by atoms with Crippen molar-refractivity contribution in [2.75, 3.05) is 32.1 Å². The van der Waals surface area contributed by atoms with Gasteiger partial charge in [-0.3, -0.25) is 4.68 Å². The first-order chi connectivity index (χ1) is 9.08. The molecule has 0 radical (unpaired) electrons. The van der Waals surface area contributed by atoms with E-state index >= 15 is 0 Å². The number of aryl methyl sites for hydroxylation is 2. The Morgan fingerprint density at radius 1 is 1.37 bits per heavy atom. The molecule has 0 aromatic carbocycles. The molecular formula is C14H21N5. The Morgan fingerprint density at radius 2 is 2.16 bits per heavy atom. The lowest BCUT2D eigenvalue weighted by atomic mass is 10.2. The monoisotopic (exact) mass is 259 g/mol. The second-order valence-electron chi connectivity index (χ2n) is 5.59. The normalized spacial score (nSPS) is 19.8. The molecule has 3 heterocycles. The third kappa shape index (κ3) is 1.98. The predicted octanol–water partition coefficient (Wildman–Crippen LogP) is 1.42. The highest BCUT2D eigenvalue weighted by Crippen LogP contribution is 2.30. The van der Waals surface area contributed by atoms with Gasteiger partial charge in [-0.25, -0.2) is 4.98 Å². The lowest BCUT2D eigenvalue weighted by Crippen LogP contribution is -2.31. The topological polar surface area (TPSA) is 37.2 Å². The smallest absolute Gasteiger partial charge is 0.159 e. The molecule has 102 valence electrons. The van der Waals surface area contributed by atoms with E-state index < -0.39 is 0 Å². The van der Waals surface area contributed by atoms with E-state index in [0.717, 1.165) is 24.4 Å². The van der Waals surface area contributed by atoms with Crippen LogP contribution in [0.5, 0.6) is 0 Å². The van der Waals surface area contributed by atoms with Gasteiger partial charge in [-0.15, -0.1) is 0 Å². The summed E-state index contributed by atoms with van der Waals surface area (Å²) in [5.41, 5.74) is 3.32. The molecule has 0 bridgehead atoms.